The highest BCUT2D eigenvalue weighted by atomic mass is 32.1. The number of carbonyl (C=O) groups is 1. The van der Waals surface area contributed by atoms with Crippen LogP contribution in [0.4, 0.5) is 5.69 Å². The topological polar surface area (TPSA) is 94.9 Å². The molecule has 1 heterocycles. The van der Waals surface area contributed by atoms with Gasteiger partial charge in [-0.2, -0.15) is 0 Å². The lowest BCUT2D eigenvalue weighted by Crippen LogP contribution is -2.34. The van der Waals surface area contributed by atoms with Gasteiger partial charge >= 0.3 is 0 Å². The van der Waals surface area contributed by atoms with Crippen LogP contribution in [-0.4, -0.2) is 35.8 Å². The Kier molecular flexibility index (Phi) is 8.12. The van der Waals surface area contributed by atoms with Crippen LogP contribution < -0.4 is 24.8 Å². The van der Waals surface area contributed by atoms with Gasteiger partial charge < -0.3 is 23.9 Å². The van der Waals surface area contributed by atoms with Gasteiger partial charge in [-0.15, -0.1) is 0 Å². The molecule has 0 bridgehead atoms. The minimum atomic E-state index is -0.414. The third-order valence-corrected chi connectivity index (χ3v) is 6.27. The zero-order valence-electron chi connectivity index (χ0n) is 22.4. The molecule has 0 fully saturated rings. The summed E-state index contributed by atoms with van der Waals surface area (Å²) in [6.07, 6.45) is 0. The monoisotopic (exact) mass is 555 g/mol. The highest BCUT2D eigenvalue weighted by Gasteiger charge is 2.19. The zero-order chi connectivity index (χ0) is 28.1. The van der Waals surface area contributed by atoms with E-state index in [1.54, 1.807) is 12.1 Å². The number of thiocarbonyl (C=S) groups is 1. The van der Waals surface area contributed by atoms with E-state index in [0.717, 1.165) is 16.3 Å². The fraction of sp³-hybridized carbons (Fsp3) is 0.194. The summed E-state index contributed by atoms with van der Waals surface area (Å²) in [6.45, 7) is 6.83. The Labute approximate surface area is 237 Å². The summed E-state index contributed by atoms with van der Waals surface area (Å²) in [7, 11) is 0. The van der Waals surface area contributed by atoms with Crippen LogP contribution in [0.3, 0.4) is 0 Å². The number of nitrogens with one attached hydrogen (secondary N) is 2. The molecule has 0 spiro atoms. The Morgan fingerprint density at radius 2 is 1.57 bits per heavy atom. The fourth-order valence-electron chi connectivity index (χ4n) is 4.39. The van der Waals surface area contributed by atoms with E-state index >= 15 is 0 Å². The molecule has 5 rings (SSSR count). The Morgan fingerprint density at radius 1 is 0.875 bits per heavy atom. The highest BCUT2D eigenvalue weighted by molar-refractivity contribution is 7.80. The Bertz CT molecular complexity index is 1670. The maximum atomic E-state index is 13.1. The standard InChI is InChI=1S/C31H29N3O5S/c1-4-36-26-16-20(17-27(37-5-2)28(26)38-6-3)29(35)34-31(40)32-21-14-15-25-24(18-21)33-30(39-25)23-13-9-11-19-10-7-8-12-22(19)23/h7-18H,4-6H2,1-3H3,(H2,32,34,35,40). The average molecular weight is 556 g/mol. The van der Waals surface area contributed by atoms with Crippen molar-refractivity contribution >= 4 is 50.8 Å². The normalized spacial score (nSPS) is 10.9. The number of oxazole rings is 1. The maximum Gasteiger partial charge on any atom is 0.257 e. The first-order chi connectivity index (χ1) is 19.5. The SMILES string of the molecule is CCOc1cc(C(=O)NC(=S)Nc2ccc3oc(-c4cccc5ccccc45)nc3c2)cc(OCC)c1OCC. The zero-order valence-corrected chi connectivity index (χ0v) is 23.3. The number of nitrogens with zero attached hydrogens (tertiary/aromatic N) is 1. The third kappa shape index (κ3) is 5.69. The molecule has 0 saturated carbocycles. The van der Waals surface area contributed by atoms with Crippen molar-refractivity contribution in [2.75, 3.05) is 25.1 Å². The Hall–Kier alpha value is -4.63. The van der Waals surface area contributed by atoms with E-state index in [4.69, 9.17) is 35.8 Å². The number of carbonyl (C=O) groups excluding carboxylic acids is 1. The van der Waals surface area contributed by atoms with Crippen molar-refractivity contribution in [3.8, 4) is 28.7 Å². The molecule has 0 atom stereocenters. The average Bonchev–Trinajstić information content (AvgIpc) is 3.37. The Balaban J connectivity index is 1.34. The molecule has 1 aromatic heterocycles. The van der Waals surface area contributed by atoms with Gasteiger partial charge in [0.05, 0.1) is 19.8 Å². The van der Waals surface area contributed by atoms with E-state index in [1.807, 2.05) is 69.3 Å². The minimum absolute atomic E-state index is 0.131. The summed E-state index contributed by atoms with van der Waals surface area (Å²) < 4.78 is 23.2. The van der Waals surface area contributed by atoms with E-state index in [9.17, 15) is 4.79 Å². The number of hydrogen-bond acceptors (Lipinski definition) is 7. The summed E-state index contributed by atoms with van der Waals surface area (Å²) in [5, 5.41) is 8.08. The number of hydrogen-bond donors (Lipinski definition) is 2. The van der Waals surface area contributed by atoms with Gasteiger partial charge in [0, 0.05) is 16.8 Å². The van der Waals surface area contributed by atoms with Crippen molar-refractivity contribution in [1.29, 1.82) is 0 Å². The molecule has 0 saturated heterocycles. The van der Waals surface area contributed by atoms with Crippen LogP contribution in [0.2, 0.25) is 0 Å². The maximum absolute atomic E-state index is 13.1. The molecular formula is C31H29N3O5S. The van der Waals surface area contributed by atoms with Gasteiger partial charge in [0.15, 0.2) is 22.2 Å². The summed E-state index contributed by atoms with van der Waals surface area (Å²) in [5.74, 6) is 1.44. The molecule has 40 heavy (non-hydrogen) atoms. The van der Waals surface area contributed by atoms with E-state index in [-0.39, 0.29) is 5.11 Å². The quantitative estimate of drug-likeness (QED) is 0.188. The number of fused-ring (bicyclic) bond motifs is 2. The van der Waals surface area contributed by atoms with Gasteiger partial charge in [-0.1, -0.05) is 36.4 Å². The summed E-state index contributed by atoms with van der Waals surface area (Å²) in [4.78, 5) is 17.8. The van der Waals surface area contributed by atoms with Crippen LogP contribution in [0.5, 0.6) is 17.2 Å². The highest BCUT2D eigenvalue weighted by Crippen LogP contribution is 2.39. The van der Waals surface area contributed by atoms with Gasteiger partial charge in [0.25, 0.3) is 5.91 Å². The number of aromatic nitrogens is 1. The molecular weight excluding hydrogens is 526 g/mol. The van der Waals surface area contributed by atoms with Crippen LogP contribution >= 0.6 is 12.2 Å². The molecule has 0 aliphatic heterocycles. The second-order valence-corrected chi connectivity index (χ2v) is 9.15. The number of ether oxygens (including phenoxy) is 3. The first kappa shape index (κ1) is 27.0. The predicted octanol–water partition coefficient (Wildman–Crippen LogP) is 6.97. The van der Waals surface area contributed by atoms with E-state index in [1.165, 1.54) is 0 Å². The van der Waals surface area contributed by atoms with Crippen molar-refractivity contribution in [2.45, 2.75) is 20.8 Å². The second kappa shape index (κ2) is 12.0. The molecule has 1 amide bonds. The number of amides is 1. The molecule has 8 nitrogen and oxygen atoms in total. The molecule has 0 aliphatic carbocycles. The van der Waals surface area contributed by atoms with Gasteiger partial charge in [-0.05, 0) is 80.2 Å². The molecule has 9 heteroatoms. The van der Waals surface area contributed by atoms with E-state index < -0.39 is 5.91 Å². The molecule has 0 radical (unpaired) electrons. The van der Waals surface area contributed by atoms with Crippen LogP contribution in [0.15, 0.2) is 77.2 Å². The second-order valence-electron chi connectivity index (χ2n) is 8.74. The Morgan fingerprint density at radius 3 is 2.30 bits per heavy atom. The van der Waals surface area contributed by atoms with Crippen molar-refractivity contribution in [3.05, 3.63) is 78.4 Å². The lowest BCUT2D eigenvalue weighted by Gasteiger charge is -2.17. The van der Waals surface area contributed by atoms with Gasteiger partial charge in [0.1, 0.15) is 5.52 Å². The van der Waals surface area contributed by atoms with Crippen molar-refractivity contribution in [1.82, 2.24) is 10.3 Å². The third-order valence-electron chi connectivity index (χ3n) is 6.06. The first-order valence-electron chi connectivity index (χ1n) is 13.1. The van der Waals surface area contributed by atoms with Crippen molar-refractivity contribution < 1.29 is 23.4 Å². The fourth-order valence-corrected chi connectivity index (χ4v) is 4.60. The molecule has 0 aliphatic rings. The minimum Gasteiger partial charge on any atom is -0.490 e. The largest absolute Gasteiger partial charge is 0.490 e. The van der Waals surface area contributed by atoms with Crippen LogP contribution in [-0.2, 0) is 0 Å². The number of anilines is 1. The van der Waals surface area contributed by atoms with Crippen molar-refractivity contribution in [3.63, 3.8) is 0 Å². The summed E-state index contributed by atoms with van der Waals surface area (Å²) in [6, 6.07) is 22.8. The molecule has 5 aromatic rings. The van der Waals surface area contributed by atoms with Crippen LogP contribution in [0, 0.1) is 0 Å². The van der Waals surface area contributed by atoms with Crippen molar-refractivity contribution in [2.24, 2.45) is 0 Å². The van der Waals surface area contributed by atoms with Crippen LogP contribution in [0.25, 0.3) is 33.3 Å². The number of benzene rings is 4. The summed E-state index contributed by atoms with van der Waals surface area (Å²) in [5.41, 5.74) is 3.21. The van der Waals surface area contributed by atoms with E-state index in [0.29, 0.717) is 65.3 Å². The van der Waals surface area contributed by atoms with Gasteiger partial charge in [-0.25, -0.2) is 4.98 Å². The van der Waals surface area contributed by atoms with Gasteiger partial charge in [0.2, 0.25) is 11.6 Å². The molecule has 0 unspecified atom stereocenters. The van der Waals surface area contributed by atoms with Crippen LogP contribution in [0.1, 0.15) is 31.1 Å². The van der Waals surface area contributed by atoms with E-state index in [2.05, 4.69) is 22.8 Å². The summed E-state index contributed by atoms with van der Waals surface area (Å²) >= 11 is 5.43. The first-order valence-corrected chi connectivity index (χ1v) is 13.5. The smallest absolute Gasteiger partial charge is 0.257 e. The molecule has 204 valence electrons. The number of rotatable bonds is 9. The lowest BCUT2D eigenvalue weighted by molar-refractivity contribution is 0.0976. The van der Waals surface area contributed by atoms with Gasteiger partial charge in [-0.3, -0.25) is 10.1 Å². The lowest BCUT2D eigenvalue weighted by atomic mass is 10.0. The molecule has 4 aromatic carbocycles. The molecule has 2 N–H and O–H groups in total. The predicted molar refractivity (Wildman–Crippen MR) is 161 cm³/mol.